The van der Waals surface area contributed by atoms with Gasteiger partial charge in [-0.15, -0.1) is 0 Å². The highest BCUT2D eigenvalue weighted by Gasteiger charge is 2.23. The Morgan fingerprint density at radius 2 is 2.14 bits per heavy atom. The fraction of sp³-hybridized carbons (Fsp3) is 1.00. The van der Waals surface area contributed by atoms with Crippen LogP contribution in [0.5, 0.6) is 0 Å². The van der Waals surface area contributed by atoms with Crippen LogP contribution in [-0.4, -0.2) is 39.0 Å². The molecule has 3 heteroatoms. The number of hydrogen-bond donors (Lipinski definition) is 1. The second kappa shape index (κ2) is 7.21. The van der Waals surface area contributed by atoms with Crippen molar-refractivity contribution in [3.63, 3.8) is 0 Å². The summed E-state index contributed by atoms with van der Waals surface area (Å²) in [5.41, 5.74) is 0. The van der Waals surface area contributed by atoms with E-state index >= 15 is 0 Å². The zero-order chi connectivity index (χ0) is 10.2. The molecule has 0 bridgehead atoms. The van der Waals surface area contributed by atoms with Gasteiger partial charge in [-0.1, -0.05) is 6.92 Å². The summed E-state index contributed by atoms with van der Waals surface area (Å²) in [4.78, 5) is 0. The summed E-state index contributed by atoms with van der Waals surface area (Å²) < 4.78 is 10.7. The lowest BCUT2D eigenvalue weighted by atomic mass is 10.2. The Balaban J connectivity index is 1.98. The summed E-state index contributed by atoms with van der Waals surface area (Å²) in [5.74, 6) is 0. The lowest BCUT2D eigenvalue weighted by Gasteiger charge is -2.12. The quantitative estimate of drug-likeness (QED) is 0.634. The van der Waals surface area contributed by atoms with Gasteiger partial charge >= 0.3 is 0 Å². The SMILES string of the molecule is CCNC1CCC(OCCCOC)C1. The van der Waals surface area contributed by atoms with Gasteiger partial charge in [-0.3, -0.25) is 0 Å². The Labute approximate surface area is 87.2 Å². The van der Waals surface area contributed by atoms with Crippen molar-refractivity contribution in [1.29, 1.82) is 0 Å². The molecule has 0 amide bonds. The monoisotopic (exact) mass is 201 g/mol. The molecule has 84 valence electrons. The third kappa shape index (κ3) is 4.40. The predicted molar refractivity (Wildman–Crippen MR) is 57.5 cm³/mol. The molecule has 0 radical (unpaired) electrons. The van der Waals surface area contributed by atoms with Crippen LogP contribution in [0, 0.1) is 0 Å². The molecule has 14 heavy (non-hydrogen) atoms. The predicted octanol–water partition coefficient (Wildman–Crippen LogP) is 1.57. The minimum Gasteiger partial charge on any atom is -0.385 e. The van der Waals surface area contributed by atoms with Gasteiger partial charge in [0.2, 0.25) is 0 Å². The third-order valence-corrected chi connectivity index (χ3v) is 2.72. The van der Waals surface area contributed by atoms with E-state index in [2.05, 4.69) is 12.2 Å². The van der Waals surface area contributed by atoms with E-state index in [0.717, 1.165) is 26.2 Å². The standard InChI is InChI=1S/C11H23NO2/c1-3-12-10-5-6-11(9-10)14-8-4-7-13-2/h10-12H,3-9H2,1-2H3. The maximum Gasteiger partial charge on any atom is 0.0590 e. The van der Waals surface area contributed by atoms with Gasteiger partial charge in [0, 0.05) is 26.4 Å². The average Bonchev–Trinajstić information content (AvgIpc) is 2.61. The zero-order valence-corrected chi connectivity index (χ0v) is 9.42. The molecule has 0 aromatic heterocycles. The van der Waals surface area contributed by atoms with Gasteiger partial charge in [0.1, 0.15) is 0 Å². The number of nitrogens with one attached hydrogen (secondary N) is 1. The van der Waals surface area contributed by atoms with Crippen LogP contribution < -0.4 is 5.32 Å². The van der Waals surface area contributed by atoms with Gasteiger partial charge in [0.05, 0.1) is 6.10 Å². The second-order valence-electron chi connectivity index (χ2n) is 3.91. The Bertz CT molecular complexity index is 141. The van der Waals surface area contributed by atoms with Crippen LogP contribution in [0.15, 0.2) is 0 Å². The van der Waals surface area contributed by atoms with Crippen LogP contribution in [0.1, 0.15) is 32.6 Å². The van der Waals surface area contributed by atoms with E-state index in [1.807, 2.05) is 0 Å². The van der Waals surface area contributed by atoms with Gasteiger partial charge < -0.3 is 14.8 Å². The molecular weight excluding hydrogens is 178 g/mol. The van der Waals surface area contributed by atoms with Crippen molar-refractivity contribution >= 4 is 0 Å². The Kier molecular flexibility index (Phi) is 6.15. The van der Waals surface area contributed by atoms with Crippen molar-refractivity contribution in [2.45, 2.75) is 44.8 Å². The summed E-state index contributed by atoms with van der Waals surface area (Å²) in [6, 6.07) is 0.687. The molecule has 1 N–H and O–H groups in total. The highest BCUT2D eigenvalue weighted by molar-refractivity contribution is 4.80. The Hall–Kier alpha value is -0.120. The van der Waals surface area contributed by atoms with Crippen LogP contribution in [0.25, 0.3) is 0 Å². The lowest BCUT2D eigenvalue weighted by molar-refractivity contribution is 0.0426. The van der Waals surface area contributed by atoms with E-state index in [1.54, 1.807) is 7.11 Å². The number of hydrogen-bond acceptors (Lipinski definition) is 3. The number of rotatable bonds is 7. The first-order chi connectivity index (χ1) is 6.86. The van der Waals surface area contributed by atoms with E-state index in [-0.39, 0.29) is 0 Å². The maximum atomic E-state index is 5.76. The minimum absolute atomic E-state index is 0.482. The fourth-order valence-corrected chi connectivity index (χ4v) is 2.02. The van der Waals surface area contributed by atoms with E-state index in [1.165, 1.54) is 19.3 Å². The molecule has 1 saturated carbocycles. The zero-order valence-electron chi connectivity index (χ0n) is 9.42. The molecule has 0 aromatic rings. The highest BCUT2D eigenvalue weighted by Crippen LogP contribution is 2.21. The first kappa shape index (κ1) is 12.0. The molecule has 1 aliphatic rings. The summed E-state index contributed by atoms with van der Waals surface area (Å²) in [6.07, 6.45) is 5.16. The van der Waals surface area contributed by atoms with Crippen LogP contribution in [-0.2, 0) is 9.47 Å². The first-order valence-electron chi connectivity index (χ1n) is 5.70. The summed E-state index contributed by atoms with van der Waals surface area (Å²) in [5, 5.41) is 3.47. The molecule has 0 aromatic carbocycles. The van der Waals surface area contributed by atoms with Gasteiger partial charge in [-0.25, -0.2) is 0 Å². The van der Waals surface area contributed by atoms with Crippen molar-refractivity contribution in [3.05, 3.63) is 0 Å². The van der Waals surface area contributed by atoms with Crippen molar-refractivity contribution < 1.29 is 9.47 Å². The van der Waals surface area contributed by atoms with Crippen LogP contribution in [0.4, 0.5) is 0 Å². The van der Waals surface area contributed by atoms with E-state index in [4.69, 9.17) is 9.47 Å². The maximum absolute atomic E-state index is 5.76. The third-order valence-electron chi connectivity index (χ3n) is 2.72. The molecule has 0 aliphatic heterocycles. The Morgan fingerprint density at radius 3 is 2.86 bits per heavy atom. The van der Waals surface area contributed by atoms with Gasteiger partial charge in [-0.05, 0) is 32.2 Å². The molecular formula is C11H23NO2. The largest absolute Gasteiger partial charge is 0.385 e. The van der Waals surface area contributed by atoms with Crippen molar-refractivity contribution in [2.75, 3.05) is 26.9 Å². The normalized spacial score (nSPS) is 27.0. The number of ether oxygens (including phenoxy) is 2. The van der Waals surface area contributed by atoms with E-state index < -0.39 is 0 Å². The smallest absolute Gasteiger partial charge is 0.0590 e. The van der Waals surface area contributed by atoms with Crippen LogP contribution in [0.3, 0.4) is 0 Å². The minimum atomic E-state index is 0.482. The van der Waals surface area contributed by atoms with Gasteiger partial charge in [0.15, 0.2) is 0 Å². The second-order valence-corrected chi connectivity index (χ2v) is 3.91. The van der Waals surface area contributed by atoms with Crippen molar-refractivity contribution in [2.24, 2.45) is 0 Å². The average molecular weight is 201 g/mol. The van der Waals surface area contributed by atoms with Crippen molar-refractivity contribution in [1.82, 2.24) is 5.32 Å². The molecule has 1 fully saturated rings. The van der Waals surface area contributed by atoms with E-state index in [0.29, 0.717) is 12.1 Å². The van der Waals surface area contributed by atoms with Gasteiger partial charge in [-0.2, -0.15) is 0 Å². The fourth-order valence-electron chi connectivity index (χ4n) is 2.02. The molecule has 0 spiro atoms. The highest BCUT2D eigenvalue weighted by atomic mass is 16.5. The van der Waals surface area contributed by atoms with Crippen LogP contribution >= 0.6 is 0 Å². The molecule has 2 unspecified atom stereocenters. The molecule has 1 aliphatic carbocycles. The molecule has 0 heterocycles. The Morgan fingerprint density at radius 1 is 1.29 bits per heavy atom. The molecule has 3 nitrogen and oxygen atoms in total. The van der Waals surface area contributed by atoms with Gasteiger partial charge in [0.25, 0.3) is 0 Å². The topological polar surface area (TPSA) is 30.5 Å². The van der Waals surface area contributed by atoms with Crippen LogP contribution in [0.2, 0.25) is 0 Å². The summed E-state index contributed by atoms with van der Waals surface area (Å²) in [6.45, 7) is 4.88. The summed E-state index contributed by atoms with van der Waals surface area (Å²) in [7, 11) is 1.73. The first-order valence-corrected chi connectivity index (χ1v) is 5.70. The van der Waals surface area contributed by atoms with Crippen molar-refractivity contribution in [3.8, 4) is 0 Å². The lowest BCUT2D eigenvalue weighted by Crippen LogP contribution is -2.26. The van der Waals surface area contributed by atoms with E-state index in [9.17, 15) is 0 Å². The summed E-state index contributed by atoms with van der Waals surface area (Å²) >= 11 is 0. The molecule has 0 saturated heterocycles. The number of methoxy groups -OCH3 is 1. The molecule has 1 rings (SSSR count). The molecule has 2 atom stereocenters.